The molecule has 3 aromatic carbocycles. The summed E-state index contributed by atoms with van der Waals surface area (Å²) in [4.78, 5) is 31.7. The maximum Gasteiger partial charge on any atom is 0.294 e. The number of fused-ring (bicyclic) bond motifs is 1. The fourth-order valence-electron chi connectivity index (χ4n) is 4.83. The number of rotatable bonds is 7. The van der Waals surface area contributed by atoms with Gasteiger partial charge in [0.25, 0.3) is 5.91 Å². The Morgan fingerprint density at radius 3 is 2.37 bits per heavy atom. The Morgan fingerprint density at radius 2 is 1.66 bits per heavy atom. The topological polar surface area (TPSA) is 73.4 Å². The molecule has 5 heteroatoms. The lowest BCUT2D eigenvalue weighted by molar-refractivity contribution is -0.118. The van der Waals surface area contributed by atoms with E-state index < -0.39 is 17.7 Å². The van der Waals surface area contributed by atoms with Gasteiger partial charge in [0, 0.05) is 34.8 Å². The summed E-state index contributed by atoms with van der Waals surface area (Å²) in [5, 5.41) is 11.9. The number of aromatic nitrogens is 1. The highest BCUT2D eigenvalue weighted by Gasteiger charge is 2.44. The van der Waals surface area contributed by atoms with Crippen molar-refractivity contribution in [2.24, 2.45) is 0 Å². The molecule has 0 spiro atoms. The fraction of sp³-hybridized carbons (Fsp3) is 0.200. The van der Waals surface area contributed by atoms with Crippen LogP contribution in [0.3, 0.4) is 0 Å². The number of aliphatic hydroxyl groups is 1. The molecule has 1 amide bonds. The van der Waals surface area contributed by atoms with E-state index in [1.54, 1.807) is 4.90 Å². The summed E-state index contributed by atoms with van der Waals surface area (Å²) in [6.45, 7) is 4.23. The third-order valence-electron chi connectivity index (χ3n) is 6.75. The van der Waals surface area contributed by atoms with Crippen molar-refractivity contribution in [3.63, 3.8) is 0 Å². The second-order valence-electron chi connectivity index (χ2n) is 9.28. The summed E-state index contributed by atoms with van der Waals surface area (Å²) < 4.78 is 0. The van der Waals surface area contributed by atoms with Crippen molar-refractivity contribution in [2.75, 3.05) is 4.90 Å². The summed E-state index contributed by atoms with van der Waals surface area (Å²) in [6.07, 6.45) is 2.57. The maximum absolute atomic E-state index is 13.5. The van der Waals surface area contributed by atoms with Gasteiger partial charge < -0.3 is 10.1 Å². The Morgan fingerprint density at radius 1 is 0.971 bits per heavy atom. The number of nitrogens with zero attached hydrogens (tertiary/aromatic N) is 1. The van der Waals surface area contributed by atoms with E-state index in [2.05, 4.69) is 18.8 Å². The third kappa shape index (κ3) is 4.14. The van der Waals surface area contributed by atoms with Crippen LogP contribution in [-0.2, 0) is 16.0 Å². The molecule has 35 heavy (non-hydrogen) atoms. The highest BCUT2D eigenvalue weighted by molar-refractivity contribution is 6.17. The molecule has 2 heterocycles. The number of benzene rings is 3. The van der Waals surface area contributed by atoms with Crippen LogP contribution in [0.1, 0.15) is 48.9 Å². The van der Waals surface area contributed by atoms with Crippen LogP contribution in [0.5, 0.6) is 0 Å². The number of hydrogen-bond donors (Lipinski definition) is 2. The lowest BCUT2D eigenvalue weighted by Crippen LogP contribution is -2.31. The molecule has 176 valence electrons. The molecule has 1 atom stereocenters. The van der Waals surface area contributed by atoms with E-state index in [0.717, 1.165) is 27.6 Å². The number of Topliss-reactive ketones (excluding diaryl/α,β-unsaturated/α-hetero) is 1. The molecule has 2 N–H and O–H groups in total. The lowest BCUT2D eigenvalue weighted by atomic mass is 9.92. The molecule has 0 saturated heterocycles. The van der Waals surface area contributed by atoms with Crippen LogP contribution in [0.2, 0.25) is 0 Å². The van der Waals surface area contributed by atoms with Crippen molar-refractivity contribution >= 4 is 28.3 Å². The summed E-state index contributed by atoms with van der Waals surface area (Å²) >= 11 is 0. The third-order valence-corrected chi connectivity index (χ3v) is 6.75. The zero-order valence-electron chi connectivity index (χ0n) is 19.9. The number of H-pyrrole nitrogens is 1. The monoisotopic (exact) mass is 464 g/mol. The Labute approximate surface area is 204 Å². The average molecular weight is 465 g/mol. The Kier molecular flexibility index (Phi) is 6.00. The van der Waals surface area contributed by atoms with E-state index in [-0.39, 0.29) is 17.8 Å². The largest absolute Gasteiger partial charge is 0.503 e. The number of hydrogen-bond acceptors (Lipinski definition) is 3. The smallest absolute Gasteiger partial charge is 0.294 e. The van der Waals surface area contributed by atoms with Crippen LogP contribution in [0, 0.1) is 0 Å². The molecule has 0 fully saturated rings. The average Bonchev–Trinajstić information content (AvgIpc) is 3.42. The van der Waals surface area contributed by atoms with Gasteiger partial charge in [0.2, 0.25) is 0 Å². The van der Waals surface area contributed by atoms with Crippen LogP contribution in [0.4, 0.5) is 5.69 Å². The Balaban J connectivity index is 1.57. The molecule has 0 radical (unpaired) electrons. The van der Waals surface area contributed by atoms with Crippen LogP contribution in [-0.4, -0.2) is 21.8 Å². The number of aromatic amines is 1. The van der Waals surface area contributed by atoms with Crippen LogP contribution in [0.25, 0.3) is 10.9 Å². The van der Waals surface area contributed by atoms with E-state index in [4.69, 9.17) is 0 Å². The normalized spacial score (nSPS) is 16.0. The number of para-hydroxylation sites is 1. The van der Waals surface area contributed by atoms with Gasteiger partial charge in [-0.05, 0) is 41.7 Å². The summed E-state index contributed by atoms with van der Waals surface area (Å²) in [7, 11) is 0. The number of nitrogens with one attached hydrogen (secondary N) is 1. The minimum absolute atomic E-state index is 0.156. The van der Waals surface area contributed by atoms with Gasteiger partial charge in [-0.15, -0.1) is 0 Å². The molecular weight excluding hydrogens is 436 g/mol. The number of ketones is 1. The molecule has 4 aromatic rings. The van der Waals surface area contributed by atoms with Crippen molar-refractivity contribution in [1.29, 1.82) is 0 Å². The standard InChI is InChI=1S/C30H28N2O3/c1-19(2)21-13-15-22(16-14-21)32-28(24-18-31-25-11-7-6-10-23(24)25)27(29(34)30(32)35)26(33)17-12-20-8-4-3-5-9-20/h3-11,13-16,18-19,28,31,34H,12,17H2,1-2H3. The maximum atomic E-state index is 13.5. The Hall–Kier alpha value is -4.12. The predicted octanol–water partition coefficient (Wildman–Crippen LogP) is 6.39. The lowest BCUT2D eigenvalue weighted by Gasteiger charge is -2.27. The molecule has 0 bridgehead atoms. The van der Waals surface area contributed by atoms with E-state index in [1.165, 1.54) is 0 Å². The van der Waals surface area contributed by atoms with Gasteiger partial charge in [0.1, 0.15) is 0 Å². The van der Waals surface area contributed by atoms with Gasteiger partial charge in [0.05, 0.1) is 11.6 Å². The first-order valence-corrected chi connectivity index (χ1v) is 12.0. The zero-order valence-corrected chi connectivity index (χ0v) is 19.9. The molecule has 1 aliphatic rings. The van der Waals surface area contributed by atoms with Gasteiger partial charge in [-0.2, -0.15) is 0 Å². The molecule has 5 rings (SSSR count). The number of carbonyl (C=O) groups is 2. The van der Waals surface area contributed by atoms with Crippen molar-refractivity contribution in [1.82, 2.24) is 4.98 Å². The molecule has 0 aliphatic carbocycles. The van der Waals surface area contributed by atoms with Crippen molar-refractivity contribution in [2.45, 2.75) is 38.6 Å². The fourth-order valence-corrected chi connectivity index (χ4v) is 4.83. The second-order valence-corrected chi connectivity index (χ2v) is 9.28. The van der Waals surface area contributed by atoms with Gasteiger partial charge in [-0.1, -0.05) is 74.5 Å². The number of amides is 1. The zero-order chi connectivity index (χ0) is 24.5. The minimum atomic E-state index is -0.716. The number of aryl methyl sites for hydroxylation is 1. The molecule has 1 aromatic heterocycles. The first-order valence-electron chi connectivity index (χ1n) is 12.0. The second kappa shape index (κ2) is 9.26. The van der Waals surface area contributed by atoms with E-state index >= 15 is 0 Å². The SMILES string of the molecule is CC(C)c1ccc(N2C(=O)C(O)=C(C(=O)CCc3ccccc3)C2c2c[nH]c3ccccc23)cc1. The number of anilines is 1. The molecular formula is C30H28N2O3. The van der Waals surface area contributed by atoms with Crippen LogP contribution < -0.4 is 4.90 Å². The molecule has 1 unspecified atom stereocenters. The first kappa shape index (κ1) is 22.7. The molecule has 1 aliphatic heterocycles. The van der Waals surface area contributed by atoms with Gasteiger partial charge >= 0.3 is 0 Å². The van der Waals surface area contributed by atoms with Crippen LogP contribution >= 0.6 is 0 Å². The summed E-state index contributed by atoms with van der Waals surface area (Å²) in [6, 6.07) is 24.6. The number of aliphatic hydroxyl groups excluding tert-OH is 1. The van der Waals surface area contributed by atoms with Crippen molar-refractivity contribution < 1.29 is 14.7 Å². The van der Waals surface area contributed by atoms with Crippen molar-refractivity contribution in [3.8, 4) is 0 Å². The number of carbonyl (C=O) groups excluding carboxylic acids is 2. The quantitative estimate of drug-likeness (QED) is 0.333. The van der Waals surface area contributed by atoms with E-state index in [0.29, 0.717) is 18.0 Å². The van der Waals surface area contributed by atoms with Crippen molar-refractivity contribution in [3.05, 3.63) is 113 Å². The van der Waals surface area contributed by atoms with Crippen LogP contribution in [0.15, 0.2) is 96.4 Å². The van der Waals surface area contributed by atoms with Gasteiger partial charge in [-0.25, -0.2) is 0 Å². The van der Waals surface area contributed by atoms with Gasteiger partial charge in [0.15, 0.2) is 11.5 Å². The summed E-state index contributed by atoms with van der Waals surface area (Å²) in [5.74, 6) is -0.896. The Bertz CT molecular complexity index is 1420. The summed E-state index contributed by atoms with van der Waals surface area (Å²) in [5.41, 5.74) is 4.69. The predicted molar refractivity (Wildman–Crippen MR) is 138 cm³/mol. The van der Waals surface area contributed by atoms with E-state index in [9.17, 15) is 14.7 Å². The highest BCUT2D eigenvalue weighted by Crippen LogP contribution is 2.43. The molecule has 0 saturated carbocycles. The van der Waals surface area contributed by atoms with E-state index in [1.807, 2.05) is 85.1 Å². The highest BCUT2D eigenvalue weighted by atomic mass is 16.3. The molecule has 5 nitrogen and oxygen atoms in total. The first-order chi connectivity index (χ1) is 17.0. The van der Waals surface area contributed by atoms with Gasteiger partial charge in [-0.3, -0.25) is 14.5 Å². The minimum Gasteiger partial charge on any atom is -0.503 e.